The monoisotopic (exact) mass is 421 g/mol. The van der Waals surface area contributed by atoms with Gasteiger partial charge < -0.3 is 14.4 Å². The molecular weight excluding hydrogens is 402 g/mol. The molecule has 0 aliphatic carbocycles. The van der Waals surface area contributed by atoms with Gasteiger partial charge >= 0.3 is 5.97 Å². The van der Waals surface area contributed by atoms with E-state index in [1.807, 2.05) is 4.90 Å². The summed E-state index contributed by atoms with van der Waals surface area (Å²) in [6.07, 6.45) is 1.45. The van der Waals surface area contributed by atoms with E-state index in [0.29, 0.717) is 49.3 Å². The summed E-state index contributed by atoms with van der Waals surface area (Å²) < 4.78 is 9.95. The number of nitro groups is 1. The maximum atomic E-state index is 12.7. The molecule has 29 heavy (non-hydrogen) atoms. The number of ether oxygens (including phenoxy) is 2. The van der Waals surface area contributed by atoms with E-state index >= 15 is 0 Å². The van der Waals surface area contributed by atoms with E-state index in [1.54, 1.807) is 6.07 Å². The molecule has 0 bridgehead atoms. The average Bonchev–Trinajstić information content (AvgIpc) is 3.00. The number of carbonyl (C=O) groups excluding carboxylic acids is 3. The Balaban J connectivity index is 1.98. The first-order chi connectivity index (χ1) is 13.8. The van der Waals surface area contributed by atoms with Crippen molar-refractivity contribution in [2.75, 3.05) is 38.3 Å². The van der Waals surface area contributed by atoms with Crippen LogP contribution >= 0.6 is 11.8 Å². The number of thioether (sulfide) groups is 1. The number of methoxy groups -OCH3 is 1. The Hall–Kier alpha value is -2.92. The molecule has 1 atom stereocenters. The third kappa shape index (κ3) is 4.25. The van der Waals surface area contributed by atoms with Crippen molar-refractivity contribution in [3.05, 3.63) is 38.8 Å². The van der Waals surface area contributed by atoms with E-state index in [9.17, 15) is 24.5 Å². The number of amides is 2. The van der Waals surface area contributed by atoms with Crippen molar-refractivity contribution in [2.45, 2.75) is 13.0 Å². The molecule has 10 nitrogen and oxygen atoms in total. The Kier molecular flexibility index (Phi) is 6.18. The summed E-state index contributed by atoms with van der Waals surface area (Å²) in [6.45, 7) is 3.63. The Morgan fingerprint density at radius 2 is 2.03 bits per heavy atom. The van der Waals surface area contributed by atoms with Crippen molar-refractivity contribution in [1.82, 2.24) is 4.90 Å². The largest absolute Gasteiger partial charge is 0.467 e. The number of nitro benzene ring substituents is 1. The molecule has 1 aromatic carbocycles. The van der Waals surface area contributed by atoms with Crippen LogP contribution in [0.15, 0.2) is 23.1 Å². The van der Waals surface area contributed by atoms with E-state index in [-0.39, 0.29) is 10.6 Å². The molecule has 0 radical (unpaired) electrons. The normalized spacial score (nSPS) is 19.6. The van der Waals surface area contributed by atoms with Crippen molar-refractivity contribution in [2.24, 2.45) is 0 Å². The Bertz CT molecular complexity index is 895. The third-order valence-corrected chi connectivity index (χ3v) is 5.50. The zero-order chi connectivity index (χ0) is 21.1. The predicted molar refractivity (Wildman–Crippen MR) is 105 cm³/mol. The number of benzene rings is 1. The molecule has 0 aromatic heterocycles. The van der Waals surface area contributed by atoms with Gasteiger partial charge in [0.15, 0.2) is 0 Å². The maximum Gasteiger partial charge on any atom is 0.328 e. The van der Waals surface area contributed by atoms with Crippen LogP contribution < -0.4 is 4.90 Å². The number of carbonyl (C=O) groups is 3. The Labute approximate surface area is 170 Å². The van der Waals surface area contributed by atoms with Gasteiger partial charge in [0.1, 0.15) is 6.04 Å². The van der Waals surface area contributed by atoms with Gasteiger partial charge in [-0.05, 0) is 30.8 Å². The number of rotatable bonds is 5. The minimum Gasteiger partial charge on any atom is -0.467 e. The number of hydrogen-bond acceptors (Lipinski definition) is 9. The van der Waals surface area contributed by atoms with Crippen molar-refractivity contribution >= 4 is 46.3 Å². The van der Waals surface area contributed by atoms with Crippen LogP contribution in [0.25, 0.3) is 6.08 Å². The van der Waals surface area contributed by atoms with Gasteiger partial charge in [-0.3, -0.25) is 24.6 Å². The topological polar surface area (TPSA) is 119 Å². The number of hydrogen-bond donors (Lipinski definition) is 0. The summed E-state index contributed by atoms with van der Waals surface area (Å²) in [5.41, 5.74) is 1.01. The molecule has 154 valence electrons. The predicted octanol–water partition coefficient (Wildman–Crippen LogP) is 2.03. The molecule has 2 aliphatic rings. The summed E-state index contributed by atoms with van der Waals surface area (Å²) in [5.74, 6) is -1.35. The second kappa shape index (κ2) is 8.62. The molecule has 1 aromatic rings. The fourth-order valence-corrected chi connectivity index (χ4v) is 3.99. The van der Waals surface area contributed by atoms with Crippen LogP contribution in [0.3, 0.4) is 0 Å². The van der Waals surface area contributed by atoms with Gasteiger partial charge in [0, 0.05) is 36.5 Å². The second-order valence-electron chi connectivity index (χ2n) is 6.35. The zero-order valence-corrected chi connectivity index (χ0v) is 16.6. The van der Waals surface area contributed by atoms with E-state index in [0.717, 1.165) is 4.90 Å². The third-order valence-electron chi connectivity index (χ3n) is 4.61. The SMILES string of the molecule is COC(=O)[C@@H](C)N1C(=O)S/C(=C\c2cc([N+](=O)[O-])ccc2N2CCOCC2)C1=O. The van der Waals surface area contributed by atoms with Crippen molar-refractivity contribution in [3.63, 3.8) is 0 Å². The number of anilines is 1. The number of nitrogens with zero attached hydrogens (tertiary/aromatic N) is 3. The summed E-state index contributed by atoms with van der Waals surface area (Å²) >= 11 is 0.680. The molecular formula is C18H19N3O7S. The number of imide groups is 1. The van der Waals surface area contributed by atoms with Crippen molar-refractivity contribution < 1.29 is 28.8 Å². The molecule has 0 saturated carbocycles. The lowest BCUT2D eigenvalue weighted by Crippen LogP contribution is -2.42. The lowest BCUT2D eigenvalue weighted by molar-refractivity contribution is -0.384. The number of esters is 1. The van der Waals surface area contributed by atoms with Crippen LogP contribution in [0.4, 0.5) is 16.2 Å². The van der Waals surface area contributed by atoms with Crippen LogP contribution in [0.1, 0.15) is 12.5 Å². The number of non-ortho nitro benzene ring substituents is 1. The average molecular weight is 421 g/mol. The highest BCUT2D eigenvalue weighted by atomic mass is 32.2. The molecule has 2 amide bonds. The van der Waals surface area contributed by atoms with E-state index in [2.05, 4.69) is 4.74 Å². The second-order valence-corrected chi connectivity index (χ2v) is 7.34. The van der Waals surface area contributed by atoms with Gasteiger partial charge in [-0.2, -0.15) is 0 Å². The first-order valence-corrected chi connectivity index (χ1v) is 9.61. The quantitative estimate of drug-likeness (QED) is 0.304. The maximum absolute atomic E-state index is 12.7. The van der Waals surface area contributed by atoms with Gasteiger partial charge in [0.25, 0.3) is 16.8 Å². The van der Waals surface area contributed by atoms with Crippen LogP contribution in [0, 0.1) is 10.1 Å². The van der Waals surface area contributed by atoms with E-state index < -0.39 is 28.1 Å². The fraction of sp³-hybridized carbons (Fsp3) is 0.389. The van der Waals surface area contributed by atoms with Crippen molar-refractivity contribution in [1.29, 1.82) is 0 Å². The summed E-state index contributed by atoms with van der Waals surface area (Å²) in [6, 6.07) is 3.31. The molecule has 11 heteroatoms. The highest BCUT2D eigenvalue weighted by Gasteiger charge is 2.41. The molecule has 0 unspecified atom stereocenters. The van der Waals surface area contributed by atoms with Crippen LogP contribution in [-0.2, 0) is 19.1 Å². The highest BCUT2D eigenvalue weighted by molar-refractivity contribution is 8.18. The van der Waals surface area contributed by atoms with Crippen LogP contribution in [-0.4, -0.2) is 66.4 Å². The lowest BCUT2D eigenvalue weighted by Gasteiger charge is -2.30. The van der Waals surface area contributed by atoms with Crippen LogP contribution in [0.2, 0.25) is 0 Å². The Morgan fingerprint density at radius 3 is 2.66 bits per heavy atom. The highest BCUT2D eigenvalue weighted by Crippen LogP contribution is 2.36. The minimum atomic E-state index is -1.07. The summed E-state index contributed by atoms with van der Waals surface area (Å²) in [4.78, 5) is 50.4. The molecule has 0 spiro atoms. The van der Waals surface area contributed by atoms with E-state index in [1.165, 1.54) is 32.2 Å². The van der Waals surface area contributed by atoms with Gasteiger partial charge in [0.2, 0.25) is 0 Å². The molecule has 2 heterocycles. The van der Waals surface area contributed by atoms with E-state index in [4.69, 9.17) is 4.74 Å². The molecule has 0 N–H and O–H groups in total. The summed E-state index contributed by atoms with van der Waals surface area (Å²) in [5, 5.41) is 10.6. The zero-order valence-electron chi connectivity index (χ0n) is 15.8. The smallest absolute Gasteiger partial charge is 0.328 e. The van der Waals surface area contributed by atoms with Crippen LogP contribution in [0.5, 0.6) is 0 Å². The van der Waals surface area contributed by atoms with Gasteiger partial charge in [-0.25, -0.2) is 4.79 Å². The minimum absolute atomic E-state index is 0.0840. The standard InChI is InChI=1S/C18H19N3O7S/c1-11(17(23)27-2)20-16(22)15(29-18(20)24)10-12-9-13(21(25)26)3-4-14(12)19-5-7-28-8-6-19/h3-4,9-11H,5-8H2,1-2H3/b15-10-/t11-/m1/s1. The number of morpholine rings is 1. The molecule has 2 fully saturated rings. The molecule has 2 saturated heterocycles. The van der Waals surface area contributed by atoms with Gasteiger partial charge in [0.05, 0.1) is 30.2 Å². The first kappa shape index (κ1) is 20.8. The summed E-state index contributed by atoms with van der Waals surface area (Å²) in [7, 11) is 1.17. The molecule has 2 aliphatic heterocycles. The molecule has 3 rings (SSSR count). The van der Waals surface area contributed by atoms with Crippen molar-refractivity contribution in [3.8, 4) is 0 Å². The van der Waals surface area contributed by atoms with Gasteiger partial charge in [-0.15, -0.1) is 0 Å². The van der Waals surface area contributed by atoms with Gasteiger partial charge in [-0.1, -0.05) is 0 Å². The first-order valence-electron chi connectivity index (χ1n) is 8.79. The lowest BCUT2D eigenvalue weighted by atomic mass is 10.1. The Morgan fingerprint density at radius 1 is 1.34 bits per heavy atom. The fourth-order valence-electron chi connectivity index (χ4n) is 3.09.